The molecule has 110 valence electrons. The van der Waals surface area contributed by atoms with Crippen molar-refractivity contribution in [2.75, 3.05) is 6.61 Å². The quantitative estimate of drug-likeness (QED) is 0.523. The summed E-state index contributed by atoms with van der Waals surface area (Å²) in [6.45, 7) is 2.85. The second-order valence-electron chi connectivity index (χ2n) is 4.75. The third-order valence-corrected chi connectivity index (χ3v) is 3.01. The molecule has 20 heavy (non-hydrogen) atoms. The Balaban J connectivity index is 2.36. The molecule has 0 aliphatic rings. The SMILES string of the molecule is CCCCCCOc1ccc(C(=O)CCC(=O)O)cc1. The van der Waals surface area contributed by atoms with Crippen LogP contribution in [-0.2, 0) is 4.79 Å². The van der Waals surface area contributed by atoms with Gasteiger partial charge in [0.15, 0.2) is 5.78 Å². The first-order valence-corrected chi connectivity index (χ1v) is 7.11. The lowest BCUT2D eigenvalue weighted by Gasteiger charge is -2.06. The van der Waals surface area contributed by atoms with E-state index < -0.39 is 5.97 Å². The highest BCUT2D eigenvalue weighted by atomic mass is 16.5. The van der Waals surface area contributed by atoms with Crippen LogP contribution in [0.1, 0.15) is 55.8 Å². The maximum absolute atomic E-state index is 11.7. The van der Waals surface area contributed by atoms with Gasteiger partial charge in [-0.15, -0.1) is 0 Å². The zero-order valence-electron chi connectivity index (χ0n) is 11.9. The Morgan fingerprint density at radius 2 is 1.75 bits per heavy atom. The van der Waals surface area contributed by atoms with Gasteiger partial charge in [0.25, 0.3) is 0 Å². The van der Waals surface area contributed by atoms with Crippen LogP contribution in [0.2, 0.25) is 0 Å². The molecule has 0 radical (unpaired) electrons. The van der Waals surface area contributed by atoms with Crippen LogP contribution in [-0.4, -0.2) is 23.5 Å². The molecular formula is C16H22O4. The van der Waals surface area contributed by atoms with E-state index in [4.69, 9.17) is 9.84 Å². The molecule has 0 aliphatic carbocycles. The minimum Gasteiger partial charge on any atom is -0.494 e. The van der Waals surface area contributed by atoms with Gasteiger partial charge in [0.1, 0.15) is 5.75 Å². The van der Waals surface area contributed by atoms with Gasteiger partial charge in [0.2, 0.25) is 0 Å². The number of carbonyl (C=O) groups excluding carboxylic acids is 1. The van der Waals surface area contributed by atoms with Crippen LogP contribution in [0.25, 0.3) is 0 Å². The van der Waals surface area contributed by atoms with Crippen LogP contribution in [0.5, 0.6) is 5.75 Å². The van der Waals surface area contributed by atoms with Crippen LogP contribution in [0.4, 0.5) is 0 Å². The van der Waals surface area contributed by atoms with Crippen molar-refractivity contribution in [2.24, 2.45) is 0 Å². The van der Waals surface area contributed by atoms with Crippen LogP contribution < -0.4 is 4.74 Å². The predicted molar refractivity (Wildman–Crippen MR) is 77.3 cm³/mol. The minimum atomic E-state index is -0.953. The van der Waals surface area contributed by atoms with Gasteiger partial charge in [-0.2, -0.15) is 0 Å². The number of unbranched alkanes of at least 4 members (excludes halogenated alkanes) is 3. The zero-order valence-corrected chi connectivity index (χ0v) is 11.9. The minimum absolute atomic E-state index is 0.0343. The second kappa shape index (κ2) is 9.13. The van der Waals surface area contributed by atoms with Crippen LogP contribution in [0.3, 0.4) is 0 Å². The standard InChI is InChI=1S/C16H22O4/c1-2-3-4-5-12-20-14-8-6-13(7-9-14)15(17)10-11-16(18)19/h6-9H,2-5,10-12H2,1H3,(H,18,19). The fourth-order valence-corrected chi connectivity index (χ4v) is 1.82. The molecule has 0 atom stereocenters. The highest BCUT2D eigenvalue weighted by molar-refractivity contribution is 5.97. The number of Topliss-reactive ketones (excluding diaryl/α,β-unsaturated/α-hetero) is 1. The van der Waals surface area contributed by atoms with Gasteiger partial charge in [-0.25, -0.2) is 0 Å². The molecule has 1 aromatic rings. The maximum atomic E-state index is 11.7. The number of carbonyl (C=O) groups is 2. The number of ether oxygens (including phenoxy) is 1. The molecule has 0 saturated heterocycles. The van der Waals surface area contributed by atoms with Gasteiger partial charge in [0.05, 0.1) is 13.0 Å². The van der Waals surface area contributed by atoms with Gasteiger partial charge in [-0.3, -0.25) is 9.59 Å². The number of ketones is 1. The topological polar surface area (TPSA) is 63.6 Å². The van der Waals surface area contributed by atoms with Crippen LogP contribution >= 0.6 is 0 Å². The molecule has 4 heteroatoms. The van der Waals surface area contributed by atoms with E-state index in [1.807, 2.05) is 0 Å². The van der Waals surface area contributed by atoms with Crippen molar-refractivity contribution in [3.05, 3.63) is 29.8 Å². The number of carboxylic acid groups (broad SMARTS) is 1. The van der Waals surface area contributed by atoms with Gasteiger partial charge >= 0.3 is 5.97 Å². The lowest BCUT2D eigenvalue weighted by atomic mass is 10.1. The molecule has 1 aromatic carbocycles. The van der Waals surface area contributed by atoms with Gasteiger partial charge < -0.3 is 9.84 Å². The molecule has 0 unspecified atom stereocenters. The summed E-state index contributed by atoms with van der Waals surface area (Å²) in [5.41, 5.74) is 0.532. The predicted octanol–water partition coefficient (Wildman–Crippen LogP) is 3.69. The van der Waals surface area contributed by atoms with E-state index in [1.54, 1.807) is 24.3 Å². The van der Waals surface area contributed by atoms with Crippen LogP contribution in [0.15, 0.2) is 24.3 Å². The summed E-state index contributed by atoms with van der Waals surface area (Å²) < 4.78 is 5.58. The van der Waals surface area contributed by atoms with E-state index in [1.165, 1.54) is 19.3 Å². The van der Waals surface area contributed by atoms with Crippen molar-refractivity contribution >= 4 is 11.8 Å². The average Bonchev–Trinajstić information content (AvgIpc) is 2.45. The van der Waals surface area contributed by atoms with Gasteiger partial charge in [0, 0.05) is 12.0 Å². The Labute approximate surface area is 119 Å². The maximum Gasteiger partial charge on any atom is 0.303 e. The van der Waals surface area contributed by atoms with Crippen molar-refractivity contribution in [1.29, 1.82) is 0 Å². The fraction of sp³-hybridized carbons (Fsp3) is 0.500. The molecule has 0 spiro atoms. The normalized spacial score (nSPS) is 10.2. The molecule has 1 N–H and O–H groups in total. The summed E-state index contributed by atoms with van der Waals surface area (Å²) in [6.07, 6.45) is 4.53. The van der Waals surface area contributed by atoms with E-state index in [-0.39, 0.29) is 18.6 Å². The average molecular weight is 278 g/mol. The Kier molecular flexibility index (Phi) is 7.40. The summed E-state index contributed by atoms with van der Waals surface area (Å²) in [5.74, 6) is -0.358. The number of rotatable bonds is 10. The third kappa shape index (κ3) is 6.36. The first-order chi connectivity index (χ1) is 9.63. The van der Waals surface area contributed by atoms with Gasteiger partial charge in [-0.1, -0.05) is 26.2 Å². The summed E-state index contributed by atoms with van der Waals surface area (Å²) in [4.78, 5) is 22.1. The molecule has 4 nitrogen and oxygen atoms in total. The Hall–Kier alpha value is -1.84. The lowest BCUT2D eigenvalue weighted by Crippen LogP contribution is -2.04. The molecule has 0 fully saturated rings. The molecule has 1 rings (SSSR count). The van der Waals surface area contributed by atoms with E-state index in [2.05, 4.69) is 6.92 Å². The molecular weight excluding hydrogens is 256 g/mol. The van der Waals surface area contributed by atoms with E-state index in [0.717, 1.165) is 12.2 Å². The Bertz CT molecular complexity index is 423. The Morgan fingerprint density at radius 3 is 2.35 bits per heavy atom. The second-order valence-corrected chi connectivity index (χ2v) is 4.75. The summed E-state index contributed by atoms with van der Waals surface area (Å²) in [7, 11) is 0. The number of hydrogen-bond acceptors (Lipinski definition) is 3. The fourth-order valence-electron chi connectivity index (χ4n) is 1.82. The Morgan fingerprint density at radius 1 is 1.05 bits per heavy atom. The highest BCUT2D eigenvalue weighted by Crippen LogP contribution is 2.14. The molecule has 0 aliphatic heterocycles. The smallest absolute Gasteiger partial charge is 0.303 e. The van der Waals surface area contributed by atoms with Crippen molar-refractivity contribution < 1.29 is 19.4 Å². The zero-order chi connectivity index (χ0) is 14.8. The van der Waals surface area contributed by atoms with Crippen molar-refractivity contribution in [3.8, 4) is 5.75 Å². The van der Waals surface area contributed by atoms with Crippen LogP contribution in [0, 0.1) is 0 Å². The lowest BCUT2D eigenvalue weighted by molar-refractivity contribution is -0.136. The summed E-state index contributed by atoms with van der Waals surface area (Å²) in [6, 6.07) is 6.89. The van der Waals surface area contributed by atoms with E-state index >= 15 is 0 Å². The van der Waals surface area contributed by atoms with Crippen molar-refractivity contribution in [3.63, 3.8) is 0 Å². The van der Waals surface area contributed by atoms with Gasteiger partial charge in [-0.05, 0) is 30.7 Å². The third-order valence-electron chi connectivity index (χ3n) is 3.01. The number of carboxylic acids is 1. The molecule has 0 aromatic heterocycles. The first-order valence-electron chi connectivity index (χ1n) is 7.11. The number of hydrogen-bond donors (Lipinski definition) is 1. The number of aliphatic carboxylic acids is 1. The van der Waals surface area contributed by atoms with Crippen molar-refractivity contribution in [1.82, 2.24) is 0 Å². The molecule has 0 bridgehead atoms. The molecule has 0 heterocycles. The summed E-state index contributed by atoms with van der Waals surface area (Å²) in [5, 5.41) is 8.54. The highest BCUT2D eigenvalue weighted by Gasteiger charge is 2.08. The first kappa shape index (κ1) is 16.2. The largest absolute Gasteiger partial charge is 0.494 e. The van der Waals surface area contributed by atoms with E-state index in [0.29, 0.717) is 12.2 Å². The van der Waals surface area contributed by atoms with Crippen molar-refractivity contribution in [2.45, 2.75) is 45.4 Å². The van der Waals surface area contributed by atoms with E-state index in [9.17, 15) is 9.59 Å². The molecule has 0 amide bonds. The molecule has 0 saturated carbocycles. The summed E-state index contributed by atoms with van der Waals surface area (Å²) >= 11 is 0. The number of benzene rings is 1. The monoisotopic (exact) mass is 278 g/mol.